The third-order valence-corrected chi connectivity index (χ3v) is 8.05. The Morgan fingerprint density at radius 2 is 1.87 bits per heavy atom. The first-order chi connectivity index (χ1) is 11.0. The van der Waals surface area contributed by atoms with Gasteiger partial charge in [-0.3, -0.25) is 4.79 Å². The average Bonchev–Trinajstić information content (AvgIpc) is 2.85. The first kappa shape index (κ1) is 15.2. The summed E-state index contributed by atoms with van der Waals surface area (Å²) in [6, 6.07) is 2.29. The number of carbonyl (C=O) groups is 1. The SMILES string of the molecule is C[C@]12CCC(=O)C=C1CC[C@@H]1[C@@H]2CC[C@]2(C)C(=CC#N)CC[C@@H]12. The second-order valence-electron chi connectivity index (χ2n) is 8.76. The lowest BCUT2D eigenvalue weighted by atomic mass is 9.47. The van der Waals surface area contributed by atoms with Crippen molar-refractivity contribution in [1.82, 2.24) is 0 Å². The van der Waals surface area contributed by atoms with Crippen LogP contribution in [0.5, 0.6) is 0 Å². The Balaban J connectivity index is 1.69. The molecule has 0 aromatic carbocycles. The molecule has 3 fully saturated rings. The lowest BCUT2D eigenvalue weighted by Crippen LogP contribution is -2.49. The van der Waals surface area contributed by atoms with Gasteiger partial charge in [0.2, 0.25) is 0 Å². The summed E-state index contributed by atoms with van der Waals surface area (Å²) in [4.78, 5) is 11.9. The van der Waals surface area contributed by atoms with Gasteiger partial charge in [0.15, 0.2) is 5.78 Å². The highest BCUT2D eigenvalue weighted by Crippen LogP contribution is 2.66. The minimum Gasteiger partial charge on any atom is -0.295 e. The van der Waals surface area contributed by atoms with Crippen LogP contribution in [0.2, 0.25) is 0 Å². The fourth-order valence-electron chi connectivity index (χ4n) is 6.72. The molecule has 4 rings (SSSR count). The maximum atomic E-state index is 11.9. The number of fused-ring (bicyclic) bond motifs is 5. The molecule has 4 aliphatic rings. The number of carbonyl (C=O) groups excluding carboxylic acids is 1. The van der Waals surface area contributed by atoms with Gasteiger partial charge in [-0.1, -0.05) is 25.0 Å². The van der Waals surface area contributed by atoms with Crippen LogP contribution in [0.15, 0.2) is 23.3 Å². The van der Waals surface area contributed by atoms with Crippen LogP contribution in [0, 0.1) is 39.9 Å². The number of allylic oxidation sites excluding steroid dienone is 3. The van der Waals surface area contributed by atoms with E-state index in [1.807, 2.05) is 12.2 Å². The third-order valence-electron chi connectivity index (χ3n) is 8.05. The fourth-order valence-corrected chi connectivity index (χ4v) is 6.72. The molecule has 5 atom stereocenters. The molecule has 0 aromatic rings. The van der Waals surface area contributed by atoms with Crippen LogP contribution in [-0.4, -0.2) is 5.78 Å². The molecule has 0 spiro atoms. The summed E-state index contributed by atoms with van der Waals surface area (Å²) in [6.07, 6.45) is 12.9. The van der Waals surface area contributed by atoms with Gasteiger partial charge < -0.3 is 0 Å². The van der Waals surface area contributed by atoms with Crippen LogP contribution >= 0.6 is 0 Å². The van der Waals surface area contributed by atoms with Crippen molar-refractivity contribution in [3.8, 4) is 6.07 Å². The maximum absolute atomic E-state index is 11.9. The van der Waals surface area contributed by atoms with Crippen LogP contribution < -0.4 is 0 Å². The van der Waals surface area contributed by atoms with Crippen LogP contribution in [-0.2, 0) is 4.79 Å². The molecule has 0 heterocycles. The number of nitriles is 1. The Morgan fingerprint density at radius 3 is 2.65 bits per heavy atom. The summed E-state index contributed by atoms with van der Waals surface area (Å²) in [5.41, 5.74) is 3.39. The summed E-state index contributed by atoms with van der Waals surface area (Å²) in [7, 11) is 0. The Kier molecular flexibility index (Phi) is 3.34. The van der Waals surface area contributed by atoms with Crippen molar-refractivity contribution in [2.24, 2.45) is 28.6 Å². The standard InChI is InChI=1S/C21H27NO/c1-20-11-8-19-17(18(20)6-4-14(20)9-12-22)5-3-15-13-16(23)7-10-21(15,19)2/h9,13,17-19H,3-8,10-11H2,1-2H3/t17-,18-,19-,20+,21-/m0/s1. The van der Waals surface area contributed by atoms with E-state index >= 15 is 0 Å². The van der Waals surface area contributed by atoms with Crippen molar-refractivity contribution >= 4 is 5.78 Å². The molecule has 2 heteroatoms. The first-order valence-electron chi connectivity index (χ1n) is 9.32. The average molecular weight is 309 g/mol. The fraction of sp³-hybridized carbons (Fsp3) is 0.714. The van der Waals surface area contributed by atoms with Crippen LogP contribution in [0.25, 0.3) is 0 Å². The molecular formula is C21H27NO. The van der Waals surface area contributed by atoms with Crippen molar-refractivity contribution < 1.29 is 4.79 Å². The molecule has 0 radical (unpaired) electrons. The second kappa shape index (κ2) is 5.07. The molecule has 0 saturated heterocycles. The van der Waals surface area contributed by atoms with E-state index in [1.54, 1.807) is 0 Å². The van der Waals surface area contributed by atoms with E-state index in [9.17, 15) is 4.79 Å². The topological polar surface area (TPSA) is 40.9 Å². The minimum absolute atomic E-state index is 0.263. The Hall–Kier alpha value is -1.36. The van der Waals surface area contributed by atoms with Gasteiger partial charge in [-0.15, -0.1) is 0 Å². The van der Waals surface area contributed by atoms with Gasteiger partial charge >= 0.3 is 0 Å². The quantitative estimate of drug-likeness (QED) is 0.593. The second-order valence-corrected chi connectivity index (χ2v) is 8.76. The van der Waals surface area contributed by atoms with Crippen molar-refractivity contribution in [2.45, 2.75) is 65.2 Å². The molecule has 0 N–H and O–H groups in total. The monoisotopic (exact) mass is 309 g/mol. The van der Waals surface area contributed by atoms with E-state index in [2.05, 4.69) is 19.9 Å². The molecule has 0 aromatic heterocycles. The summed E-state index contributed by atoms with van der Waals surface area (Å²) >= 11 is 0. The largest absolute Gasteiger partial charge is 0.295 e. The van der Waals surface area contributed by atoms with Crippen LogP contribution in [0.1, 0.15) is 65.2 Å². The number of hydrogen-bond donors (Lipinski definition) is 0. The minimum atomic E-state index is 0.263. The molecule has 0 bridgehead atoms. The van der Waals surface area contributed by atoms with Gasteiger partial charge in [0.1, 0.15) is 0 Å². The van der Waals surface area contributed by atoms with Crippen molar-refractivity contribution in [1.29, 1.82) is 5.26 Å². The smallest absolute Gasteiger partial charge is 0.155 e. The molecular weight excluding hydrogens is 282 g/mol. The summed E-state index contributed by atoms with van der Waals surface area (Å²) < 4.78 is 0. The predicted molar refractivity (Wildman–Crippen MR) is 90.4 cm³/mol. The van der Waals surface area contributed by atoms with Crippen molar-refractivity contribution in [2.75, 3.05) is 0 Å². The van der Waals surface area contributed by atoms with Gasteiger partial charge in [-0.25, -0.2) is 0 Å². The van der Waals surface area contributed by atoms with E-state index < -0.39 is 0 Å². The lowest BCUT2D eigenvalue weighted by molar-refractivity contribution is -0.117. The summed E-state index contributed by atoms with van der Waals surface area (Å²) in [5, 5.41) is 9.12. The normalized spacial score (nSPS) is 47.3. The van der Waals surface area contributed by atoms with E-state index in [0.29, 0.717) is 5.78 Å². The van der Waals surface area contributed by atoms with Gasteiger partial charge in [0.25, 0.3) is 0 Å². The van der Waals surface area contributed by atoms with E-state index in [1.165, 1.54) is 36.8 Å². The third kappa shape index (κ3) is 2.02. The predicted octanol–water partition coefficient (Wildman–Crippen LogP) is 4.97. The molecule has 122 valence electrons. The first-order valence-corrected chi connectivity index (χ1v) is 9.32. The Labute approximate surface area is 139 Å². The van der Waals surface area contributed by atoms with Gasteiger partial charge in [0, 0.05) is 12.5 Å². The number of hydrogen-bond acceptors (Lipinski definition) is 2. The highest BCUT2D eigenvalue weighted by Gasteiger charge is 2.57. The Bertz CT molecular complexity index is 651. The molecule has 2 nitrogen and oxygen atoms in total. The van der Waals surface area contributed by atoms with E-state index in [4.69, 9.17) is 5.26 Å². The van der Waals surface area contributed by atoms with Crippen LogP contribution in [0.4, 0.5) is 0 Å². The highest BCUT2D eigenvalue weighted by atomic mass is 16.1. The zero-order chi connectivity index (χ0) is 16.2. The zero-order valence-corrected chi connectivity index (χ0v) is 14.4. The highest BCUT2D eigenvalue weighted by molar-refractivity contribution is 5.91. The van der Waals surface area contributed by atoms with Gasteiger partial charge in [-0.05, 0) is 79.6 Å². The van der Waals surface area contributed by atoms with E-state index in [0.717, 1.165) is 43.4 Å². The number of rotatable bonds is 0. The van der Waals surface area contributed by atoms with Crippen molar-refractivity contribution in [3.63, 3.8) is 0 Å². The number of ketones is 1. The molecule has 23 heavy (non-hydrogen) atoms. The zero-order valence-electron chi connectivity index (χ0n) is 14.4. The summed E-state index contributed by atoms with van der Waals surface area (Å²) in [6.45, 7) is 4.86. The van der Waals surface area contributed by atoms with Gasteiger partial charge in [-0.2, -0.15) is 5.26 Å². The van der Waals surface area contributed by atoms with Gasteiger partial charge in [0.05, 0.1) is 6.07 Å². The van der Waals surface area contributed by atoms with E-state index in [-0.39, 0.29) is 10.8 Å². The Morgan fingerprint density at radius 1 is 1.09 bits per heavy atom. The molecule has 0 amide bonds. The lowest BCUT2D eigenvalue weighted by Gasteiger charge is -2.57. The number of nitrogens with zero attached hydrogens (tertiary/aromatic N) is 1. The maximum Gasteiger partial charge on any atom is 0.155 e. The molecule has 3 saturated carbocycles. The molecule has 4 aliphatic carbocycles. The summed E-state index contributed by atoms with van der Waals surface area (Å²) in [5.74, 6) is 2.62. The van der Waals surface area contributed by atoms with Crippen molar-refractivity contribution in [3.05, 3.63) is 23.3 Å². The molecule has 0 unspecified atom stereocenters. The molecule has 0 aliphatic heterocycles. The van der Waals surface area contributed by atoms with Crippen LogP contribution in [0.3, 0.4) is 0 Å².